The van der Waals surface area contributed by atoms with Crippen molar-refractivity contribution >= 4 is 11.6 Å². The Kier molecular flexibility index (Phi) is 3.97. The van der Waals surface area contributed by atoms with Gasteiger partial charge < -0.3 is 4.90 Å². The third-order valence-corrected chi connectivity index (χ3v) is 4.26. The van der Waals surface area contributed by atoms with Crippen LogP contribution in [0, 0.1) is 5.82 Å². The maximum absolute atomic E-state index is 13.8. The molecule has 0 spiro atoms. The van der Waals surface area contributed by atoms with Crippen LogP contribution in [0.25, 0.3) is 11.4 Å². The Labute approximate surface area is 143 Å². The van der Waals surface area contributed by atoms with E-state index in [1.165, 1.54) is 16.4 Å². The van der Waals surface area contributed by atoms with E-state index >= 15 is 0 Å². The Morgan fingerprint density at radius 2 is 1.92 bits per heavy atom. The summed E-state index contributed by atoms with van der Waals surface area (Å²) in [6, 6.07) is 14.1. The Morgan fingerprint density at radius 3 is 2.80 bits per heavy atom. The average molecular weight is 337 g/mol. The summed E-state index contributed by atoms with van der Waals surface area (Å²) in [4.78, 5) is 15.6. The van der Waals surface area contributed by atoms with Crippen molar-refractivity contribution in [2.45, 2.75) is 19.4 Å². The molecule has 0 atom stereocenters. The zero-order valence-corrected chi connectivity index (χ0v) is 13.5. The summed E-state index contributed by atoms with van der Waals surface area (Å²) >= 11 is 0. The molecule has 4 rings (SSSR count). The maximum Gasteiger partial charge on any atom is 0.250 e. The van der Waals surface area contributed by atoms with Gasteiger partial charge in [-0.2, -0.15) is 4.80 Å². The lowest BCUT2D eigenvalue weighted by Crippen LogP contribution is -2.38. The molecule has 2 heterocycles. The van der Waals surface area contributed by atoms with E-state index in [0.717, 1.165) is 18.5 Å². The van der Waals surface area contributed by atoms with Gasteiger partial charge in [-0.25, -0.2) is 4.39 Å². The fraction of sp³-hybridized carbons (Fsp3) is 0.222. The molecule has 2 aromatic carbocycles. The van der Waals surface area contributed by atoms with E-state index in [1.807, 2.05) is 24.3 Å². The summed E-state index contributed by atoms with van der Waals surface area (Å²) in [5.74, 6) is -0.354. The zero-order chi connectivity index (χ0) is 17.2. The van der Waals surface area contributed by atoms with Crippen LogP contribution in [0.15, 0.2) is 48.5 Å². The molecule has 0 aliphatic carbocycles. The Morgan fingerprint density at radius 1 is 1.12 bits per heavy atom. The average Bonchev–Trinajstić information content (AvgIpc) is 3.09. The second-order valence-electron chi connectivity index (χ2n) is 5.90. The quantitative estimate of drug-likeness (QED) is 0.736. The molecule has 0 radical (unpaired) electrons. The van der Waals surface area contributed by atoms with E-state index < -0.39 is 5.82 Å². The number of amides is 1. The summed E-state index contributed by atoms with van der Waals surface area (Å²) in [6.45, 7) is 0.639. The van der Waals surface area contributed by atoms with Crippen LogP contribution in [0.5, 0.6) is 0 Å². The molecule has 0 fully saturated rings. The van der Waals surface area contributed by atoms with Crippen LogP contribution in [0.4, 0.5) is 10.1 Å². The molecule has 6 nitrogen and oxygen atoms in total. The van der Waals surface area contributed by atoms with E-state index in [0.29, 0.717) is 6.54 Å². The maximum atomic E-state index is 13.8. The number of hydrogen-bond acceptors (Lipinski definition) is 4. The van der Waals surface area contributed by atoms with Gasteiger partial charge in [-0.05, 0) is 41.8 Å². The molecule has 7 heteroatoms. The second-order valence-corrected chi connectivity index (χ2v) is 5.90. The molecule has 3 aromatic rings. The predicted octanol–water partition coefficient (Wildman–Crippen LogP) is 2.46. The first-order valence-electron chi connectivity index (χ1n) is 8.13. The lowest BCUT2D eigenvalue weighted by molar-refractivity contribution is -0.119. The first kappa shape index (κ1) is 15.4. The predicted molar refractivity (Wildman–Crippen MR) is 90.3 cm³/mol. The van der Waals surface area contributed by atoms with Crippen LogP contribution in [0.3, 0.4) is 0 Å². The Balaban J connectivity index is 1.54. The first-order chi connectivity index (χ1) is 12.2. The number of anilines is 1. The van der Waals surface area contributed by atoms with Crippen LogP contribution < -0.4 is 4.90 Å². The number of rotatable bonds is 3. The molecule has 0 bridgehead atoms. The van der Waals surface area contributed by atoms with Crippen molar-refractivity contribution in [3.8, 4) is 11.4 Å². The molecule has 0 saturated carbocycles. The lowest BCUT2D eigenvalue weighted by atomic mass is 10.0. The summed E-state index contributed by atoms with van der Waals surface area (Å²) in [7, 11) is 0. The smallest absolute Gasteiger partial charge is 0.250 e. The highest BCUT2D eigenvalue weighted by Crippen LogP contribution is 2.26. The molecule has 0 N–H and O–H groups in total. The highest BCUT2D eigenvalue weighted by molar-refractivity contribution is 5.94. The number of carbonyl (C=O) groups is 1. The van der Waals surface area contributed by atoms with Crippen LogP contribution in [-0.2, 0) is 17.8 Å². The van der Waals surface area contributed by atoms with E-state index in [1.54, 1.807) is 23.1 Å². The van der Waals surface area contributed by atoms with Crippen LogP contribution >= 0.6 is 0 Å². The summed E-state index contributed by atoms with van der Waals surface area (Å²) in [5.41, 5.74) is 2.37. The molecule has 126 valence electrons. The van der Waals surface area contributed by atoms with E-state index in [4.69, 9.17) is 0 Å². The molecule has 0 saturated heterocycles. The highest BCUT2D eigenvalue weighted by Gasteiger charge is 2.23. The number of carbonyl (C=O) groups excluding carboxylic acids is 1. The molecule has 1 aliphatic heterocycles. The largest absolute Gasteiger partial charge is 0.310 e. The van der Waals surface area contributed by atoms with Gasteiger partial charge in [0, 0.05) is 12.2 Å². The number of benzene rings is 2. The number of halogens is 1. The number of aryl methyl sites for hydroxylation is 1. The highest BCUT2D eigenvalue weighted by atomic mass is 19.1. The molecular formula is C18H16FN5O. The Hall–Kier alpha value is -3.09. The fourth-order valence-corrected chi connectivity index (χ4v) is 3.06. The summed E-state index contributed by atoms with van der Waals surface area (Å²) < 4.78 is 13.8. The van der Waals surface area contributed by atoms with Gasteiger partial charge >= 0.3 is 0 Å². The van der Waals surface area contributed by atoms with E-state index in [-0.39, 0.29) is 23.8 Å². The van der Waals surface area contributed by atoms with Crippen molar-refractivity contribution < 1.29 is 9.18 Å². The van der Waals surface area contributed by atoms with E-state index in [9.17, 15) is 9.18 Å². The summed E-state index contributed by atoms with van der Waals surface area (Å²) in [6.07, 6.45) is 1.90. The molecule has 1 amide bonds. The topological polar surface area (TPSA) is 63.9 Å². The third kappa shape index (κ3) is 3.00. The van der Waals surface area contributed by atoms with Gasteiger partial charge in [-0.1, -0.05) is 30.3 Å². The number of para-hydroxylation sites is 1. The third-order valence-electron chi connectivity index (χ3n) is 4.26. The van der Waals surface area contributed by atoms with Crippen LogP contribution in [-0.4, -0.2) is 32.7 Å². The minimum Gasteiger partial charge on any atom is -0.310 e. The lowest BCUT2D eigenvalue weighted by Gasteiger charge is -2.29. The molecule has 25 heavy (non-hydrogen) atoms. The summed E-state index contributed by atoms with van der Waals surface area (Å²) in [5, 5.41) is 11.9. The van der Waals surface area contributed by atoms with Gasteiger partial charge in [0.25, 0.3) is 5.91 Å². The standard InChI is InChI=1S/C18H16FN5O/c19-15-9-3-2-8-14(15)18-20-22-24(21-18)12-17(25)23-11-5-7-13-6-1-4-10-16(13)23/h1-4,6,8-10H,5,7,11-12H2. The number of fused-ring (bicyclic) bond motifs is 1. The van der Waals surface area contributed by atoms with Crippen LogP contribution in [0.1, 0.15) is 12.0 Å². The molecule has 0 unspecified atom stereocenters. The van der Waals surface area contributed by atoms with Gasteiger partial charge in [-0.3, -0.25) is 4.79 Å². The first-order valence-corrected chi connectivity index (χ1v) is 8.13. The van der Waals surface area contributed by atoms with Gasteiger partial charge in [0.15, 0.2) is 0 Å². The van der Waals surface area contributed by atoms with E-state index in [2.05, 4.69) is 15.4 Å². The number of tetrazole rings is 1. The molecule has 1 aliphatic rings. The number of hydrogen-bond donors (Lipinski definition) is 0. The monoisotopic (exact) mass is 337 g/mol. The van der Waals surface area contributed by atoms with Gasteiger partial charge in [0.2, 0.25) is 5.82 Å². The fourth-order valence-electron chi connectivity index (χ4n) is 3.06. The zero-order valence-electron chi connectivity index (χ0n) is 13.5. The minimum atomic E-state index is -0.418. The Bertz CT molecular complexity index is 923. The van der Waals surface area contributed by atoms with Crippen molar-refractivity contribution in [1.29, 1.82) is 0 Å². The van der Waals surface area contributed by atoms with Crippen molar-refractivity contribution in [3.63, 3.8) is 0 Å². The van der Waals surface area contributed by atoms with Crippen molar-refractivity contribution in [1.82, 2.24) is 20.2 Å². The van der Waals surface area contributed by atoms with Gasteiger partial charge in [0.05, 0.1) is 5.56 Å². The molecule has 1 aromatic heterocycles. The van der Waals surface area contributed by atoms with Crippen molar-refractivity contribution in [3.05, 3.63) is 59.9 Å². The van der Waals surface area contributed by atoms with Crippen LogP contribution in [0.2, 0.25) is 0 Å². The SMILES string of the molecule is O=C(Cn1nnc(-c2ccccc2F)n1)N1CCCc2ccccc21. The van der Waals surface area contributed by atoms with Gasteiger partial charge in [0.1, 0.15) is 12.4 Å². The second kappa shape index (κ2) is 6.43. The van der Waals surface area contributed by atoms with Crippen molar-refractivity contribution in [2.24, 2.45) is 0 Å². The minimum absolute atomic E-state index is 0.0320. The number of nitrogens with zero attached hydrogens (tertiary/aromatic N) is 5. The normalized spacial score (nSPS) is 13.6. The number of aromatic nitrogens is 4. The molecular weight excluding hydrogens is 321 g/mol. The van der Waals surface area contributed by atoms with Gasteiger partial charge in [-0.15, -0.1) is 10.2 Å². The van der Waals surface area contributed by atoms with Crippen molar-refractivity contribution in [2.75, 3.05) is 11.4 Å².